The SMILES string of the molecule is COc1ccc(C[NH+](C)[C@@H](C)C(=O)NC(=O)NC23CC4CC(CC(C4)C2)C3)cc1F. The van der Waals surface area contributed by atoms with Gasteiger partial charge in [-0.15, -0.1) is 0 Å². The lowest BCUT2D eigenvalue weighted by molar-refractivity contribution is -0.908. The number of ether oxygens (including phenoxy) is 1. The fourth-order valence-corrected chi connectivity index (χ4v) is 6.27. The average molecular weight is 419 g/mol. The van der Waals surface area contributed by atoms with Crippen molar-refractivity contribution in [3.63, 3.8) is 0 Å². The summed E-state index contributed by atoms with van der Waals surface area (Å²) in [6.07, 6.45) is 7.05. The van der Waals surface area contributed by atoms with Gasteiger partial charge in [0.2, 0.25) is 0 Å². The number of nitrogens with one attached hydrogen (secondary N) is 3. The maximum atomic E-state index is 13.9. The van der Waals surface area contributed by atoms with Crippen molar-refractivity contribution < 1.29 is 23.6 Å². The Hall–Kier alpha value is -2.15. The van der Waals surface area contributed by atoms with Gasteiger partial charge in [-0.25, -0.2) is 9.18 Å². The lowest BCUT2D eigenvalue weighted by atomic mass is 9.53. The fourth-order valence-electron chi connectivity index (χ4n) is 6.27. The molecule has 7 heteroatoms. The highest BCUT2D eigenvalue weighted by Gasteiger charge is 2.51. The van der Waals surface area contributed by atoms with Gasteiger partial charge in [0.15, 0.2) is 17.6 Å². The van der Waals surface area contributed by atoms with Crippen LogP contribution in [0.4, 0.5) is 9.18 Å². The van der Waals surface area contributed by atoms with Gasteiger partial charge in [0.25, 0.3) is 5.91 Å². The number of rotatable bonds is 6. The molecule has 0 heterocycles. The summed E-state index contributed by atoms with van der Waals surface area (Å²) < 4.78 is 18.9. The van der Waals surface area contributed by atoms with Crippen LogP contribution in [0.2, 0.25) is 0 Å². The van der Waals surface area contributed by atoms with Crippen LogP contribution in [0.15, 0.2) is 18.2 Å². The molecule has 0 aromatic heterocycles. The summed E-state index contributed by atoms with van der Waals surface area (Å²) in [5.41, 5.74) is 0.644. The summed E-state index contributed by atoms with van der Waals surface area (Å²) in [4.78, 5) is 26.1. The van der Waals surface area contributed by atoms with E-state index in [0.717, 1.165) is 47.5 Å². The number of carbonyl (C=O) groups is 2. The van der Waals surface area contributed by atoms with E-state index in [9.17, 15) is 14.0 Å². The van der Waals surface area contributed by atoms with Crippen LogP contribution in [0.3, 0.4) is 0 Å². The normalized spacial score (nSPS) is 31.1. The van der Waals surface area contributed by atoms with Gasteiger partial charge in [-0.2, -0.15) is 0 Å². The third-order valence-corrected chi connectivity index (χ3v) is 7.49. The van der Waals surface area contributed by atoms with E-state index in [2.05, 4.69) is 10.6 Å². The van der Waals surface area contributed by atoms with Crippen molar-refractivity contribution in [3.05, 3.63) is 29.6 Å². The minimum Gasteiger partial charge on any atom is -0.494 e. The molecule has 4 aliphatic carbocycles. The number of imide groups is 1. The van der Waals surface area contributed by atoms with E-state index in [4.69, 9.17) is 4.74 Å². The van der Waals surface area contributed by atoms with Crippen LogP contribution in [-0.4, -0.2) is 37.7 Å². The maximum Gasteiger partial charge on any atom is 0.322 e. The van der Waals surface area contributed by atoms with Crippen LogP contribution >= 0.6 is 0 Å². The quantitative estimate of drug-likeness (QED) is 0.662. The summed E-state index contributed by atoms with van der Waals surface area (Å²) in [6.45, 7) is 2.24. The second kappa shape index (κ2) is 8.17. The summed E-state index contributed by atoms with van der Waals surface area (Å²) in [5.74, 6) is 1.65. The molecule has 4 aliphatic rings. The number of urea groups is 1. The van der Waals surface area contributed by atoms with Crippen molar-refractivity contribution in [1.29, 1.82) is 0 Å². The van der Waals surface area contributed by atoms with Crippen LogP contribution in [-0.2, 0) is 11.3 Å². The van der Waals surface area contributed by atoms with E-state index in [-0.39, 0.29) is 23.2 Å². The first-order valence-electron chi connectivity index (χ1n) is 11.0. The van der Waals surface area contributed by atoms with Crippen molar-refractivity contribution in [2.24, 2.45) is 17.8 Å². The summed E-state index contributed by atoms with van der Waals surface area (Å²) in [6, 6.07) is 3.97. The third kappa shape index (κ3) is 4.31. The lowest BCUT2D eigenvalue weighted by Gasteiger charge is -2.56. The van der Waals surface area contributed by atoms with Gasteiger partial charge in [0, 0.05) is 11.1 Å². The van der Waals surface area contributed by atoms with E-state index in [1.54, 1.807) is 19.1 Å². The molecule has 0 saturated heterocycles. The minimum atomic E-state index is -0.447. The molecule has 1 aromatic rings. The van der Waals surface area contributed by atoms with E-state index < -0.39 is 11.9 Å². The molecular formula is C23H33FN3O3+. The standard InChI is InChI=1S/C23H32FN3O3/c1-14(27(2)13-15-4-5-20(30-3)19(24)9-15)21(28)25-22(29)26-23-10-16-6-17(11-23)8-18(7-16)12-23/h4-5,9,14,16-18H,6-8,10-13H2,1-3H3,(H2,25,26,28,29)/p+1/t14-,16?,17?,18?,23?/m0/s1. The Morgan fingerprint density at radius 1 is 1.20 bits per heavy atom. The number of hydrogen-bond donors (Lipinski definition) is 3. The van der Waals surface area contributed by atoms with Crippen molar-refractivity contribution in [1.82, 2.24) is 10.6 Å². The number of carbonyl (C=O) groups excluding carboxylic acids is 2. The molecule has 4 fully saturated rings. The molecular weight excluding hydrogens is 385 g/mol. The number of benzene rings is 1. The smallest absolute Gasteiger partial charge is 0.322 e. The van der Waals surface area contributed by atoms with Crippen molar-refractivity contribution >= 4 is 11.9 Å². The van der Waals surface area contributed by atoms with Gasteiger partial charge in [0.1, 0.15) is 6.54 Å². The van der Waals surface area contributed by atoms with E-state index in [0.29, 0.717) is 6.54 Å². The summed E-state index contributed by atoms with van der Waals surface area (Å²) >= 11 is 0. The zero-order chi connectivity index (χ0) is 21.5. The first-order chi connectivity index (χ1) is 14.3. The van der Waals surface area contributed by atoms with Crippen LogP contribution in [0.25, 0.3) is 0 Å². The predicted octanol–water partition coefficient (Wildman–Crippen LogP) is 2.03. The summed E-state index contributed by atoms with van der Waals surface area (Å²) in [5, 5.41) is 5.72. The van der Waals surface area contributed by atoms with Gasteiger partial charge in [-0.3, -0.25) is 10.1 Å². The van der Waals surface area contributed by atoms with E-state index >= 15 is 0 Å². The molecule has 3 amide bonds. The molecule has 0 radical (unpaired) electrons. The number of hydrogen-bond acceptors (Lipinski definition) is 3. The largest absolute Gasteiger partial charge is 0.494 e. The first-order valence-corrected chi connectivity index (χ1v) is 11.0. The molecule has 164 valence electrons. The predicted molar refractivity (Wildman–Crippen MR) is 111 cm³/mol. The minimum absolute atomic E-state index is 0.123. The van der Waals surface area contributed by atoms with Crippen molar-refractivity contribution in [2.45, 2.75) is 63.6 Å². The zero-order valence-corrected chi connectivity index (χ0v) is 18.1. The van der Waals surface area contributed by atoms with Crippen LogP contribution in [0, 0.1) is 23.6 Å². The van der Waals surface area contributed by atoms with E-state index in [1.165, 1.54) is 32.4 Å². The van der Waals surface area contributed by atoms with Crippen molar-refractivity contribution in [3.8, 4) is 5.75 Å². The molecule has 4 bridgehead atoms. The number of quaternary nitrogens is 1. The highest BCUT2D eigenvalue weighted by atomic mass is 19.1. The highest BCUT2D eigenvalue weighted by molar-refractivity contribution is 5.96. The van der Waals surface area contributed by atoms with Gasteiger partial charge in [-0.05, 0) is 81.4 Å². The lowest BCUT2D eigenvalue weighted by Crippen LogP contribution is -3.12. The van der Waals surface area contributed by atoms with Crippen LogP contribution in [0.1, 0.15) is 51.0 Å². The fraction of sp³-hybridized carbons (Fsp3) is 0.652. The Bertz CT molecular complexity index is 793. The Labute approximate surface area is 177 Å². The molecule has 4 saturated carbocycles. The molecule has 1 unspecified atom stereocenters. The number of likely N-dealkylation sites (N-methyl/N-ethyl adjacent to an activating group) is 1. The van der Waals surface area contributed by atoms with Gasteiger partial charge < -0.3 is 15.0 Å². The van der Waals surface area contributed by atoms with Crippen LogP contribution in [0.5, 0.6) is 5.75 Å². The van der Waals surface area contributed by atoms with Crippen LogP contribution < -0.4 is 20.3 Å². The zero-order valence-electron chi connectivity index (χ0n) is 18.1. The van der Waals surface area contributed by atoms with Gasteiger partial charge >= 0.3 is 6.03 Å². The third-order valence-electron chi connectivity index (χ3n) is 7.49. The molecule has 5 rings (SSSR count). The first kappa shape index (κ1) is 21.1. The number of amides is 3. The average Bonchev–Trinajstić information content (AvgIpc) is 2.65. The Balaban J connectivity index is 1.30. The van der Waals surface area contributed by atoms with E-state index in [1.807, 2.05) is 7.05 Å². The van der Waals surface area contributed by atoms with Gasteiger partial charge in [-0.1, -0.05) is 0 Å². The monoisotopic (exact) mass is 418 g/mol. The highest BCUT2D eigenvalue weighted by Crippen LogP contribution is 2.55. The maximum absolute atomic E-state index is 13.9. The Morgan fingerprint density at radius 3 is 2.33 bits per heavy atom. The van der Waals surface area contributed by atoms with Crippen molar-refractivity contribution in [2.75, 3.05) is 14.2 Å². The Morgan fingerprint density at radius 2 is 1.80 bits per heavy atom. The molecule has 0 aliphatic heterocycles. The molecule has 6 nitrogen and oxygen atoms in total. The topological polar surface area (TPSA) is 71.9 Å². The van der Waals surface area contributed by atoms with Gasteiger partial charge in [0.05, 0.1) is 14.2 Å². The second-order valence-corrected chi connectivity index (χ2v) is 9.85. The Kier molecular flexibility index (Phi) is 5.75. The molecule has 2 atom stereocenters. The number of methoxy groups -OCH3 is 1. The molecule has 3 N–H and O–H groups in total. The molecule has 0 spiro atoms. The molecule has 1 aromatic carbocycles. The molecule has 30 heavy (non-hydrogen) atoms. The summed E-state index contributed by atoms with van der Waals surface area (Å²) in [7, 11) is 3.29. The number of halogens is 1. The second-order valence-electron chi connectivity index (χ2n) is 9.85.